The van der Waals surface area contributed by atoms with E-state index in [1.807, 2.05) is 0 Å². The first kappa shape index (κ1) is 18.5. The van der Waals surface area contributed by atoms with Crippen molar-refractivity contribution >= 4 is 52.4 Å². The van der Waals surface area contributed by atoms with Gasteiger partial charge in [0.1, 0.15) is 12.4 Å². The maximum atomic E-state index is 11.7. The van der Waals surface area contributed by atoms with Crippen LogP contribution >= 0.6 is 34.8 Å². The highest BCUT2D eigenvalue weighted by Gasteiger charge is 2.24. The van der Waals surface area contributed by atoms with E-state index in [2.05, 4.69) is 4.74 Å². The second-order valence-electron chi connectivity index (χ2n) is 3.97. The van der Waals surface area contributed by atoms with Gasteiger partial charge in [0, 0.05) is 12.5 Å². The molecule has 0 spiro atoms. The van der Waals surface area contributed by atoms with Crippen LogP contribution in [0.3, 0.4) is 0 Å². The molecule has 1 aromatic rings. The lowest BCUT2D eigenvalue weighted by atomic mass is 10.1. The number of nitro groups is 1. The fourth-order valence-corrected chi connectivity index (χ4v) is 1.58. The molecular formula is C12H10Cl3NO6. The SMILES string of the molecule is CCC(=O)c1cc(OC(=O)OCC(Cl)(Cl)Cl)ccc1[N+](=O)[O-]. The van der Waals surface area contributed by atoms with Crippen molar-refractivity contribution in [3.8, 4) is 5.75 Å². The van der Waals surface area contributed by atoms with Gasteiger partial charge in [-0.2, -0.15) is 0 Å². The summed E-state index contributed by atoms with van der Waals surface area (Å²) in [5.74, 6) is -0.566. The predicted molar refractivity (Wildman–Crippen MR) is 80.0 cm³/mol. The van der Waals surface area contributed by atoms with E-state index in [0.29, 0.717) is 0 Å². The molecule has 7 nitrogen and oxygen atoms in total. The molecule has 22 heavy (non-hydrogen) atoms. The monoisotopic (exact) mass is 369 g/mol. The first-order valence-electron chi connectivity index (χ1n) is 5.87. The fraction of sp³-hybridized carbons (Fsp3) is 0.333. The normalized spacial score (nSPS) is 10.9. The quantitative estimate of drug-likeness (QED) is 0.193. The zero-order valence-electron chi connectivity index (χ0n) is 11.2. The third-order valence-electron chi connectivity index (χ3n) is 2.34. The van der Waals surface area contributed by atoms with Crippen LogP contribution in [-0.4, -0.2) is 27.3 Å². The topological polar surface area (TPSA) is 95.7 Å². The van der Waals surface area contributed by atoms with Crippen LogP contribution in [0, 0.1) is 10.1 Å². The number of ketones is 1. The number of nitrogens with zero attached hydrogens (tertiary/aromatic N) is 1. The Morgan fingerprint density at radius 2 is 1.95 bits per heavy atom. The van der Waals surface area contributed by atoms with Crippen LogP contribution in [0.1, 0.15) is 23.7 Å². The van der Waals surface area contributed by atoms with E-state index in [1.54, 1.807) is 6.92 Å². The van der Waals surface area contributed by atoms with Crippen molar-refractivity contribution in [1.29, 1.82) is 0 Å². The molecule has 0 aliphatic carbocycles. The van der Waals surface area contributed by atoms with Crippen LogP contribution in [0.25, 0.3) is 0 Å². The molecule has 0 atom stereocenters. The summed E-state index contributed by atoms with van der Waals surface area (Å²) in [7, 11) is 0. The Morgan fingerprint density at radius 1 is 1.32 bits per heavy atom. The third-order valence-corrected chi connectivity index (χ3v) is 2.67. The minimum absolute atomic E-state index is 0.0575. The van der Waals surface area contributed by atoms with Gasteiger partial charge in [-0.1, -0.05) is 41.7 Å². The fourth-order valence-electron chi connectivity index (χ4n) is 1.42. The molecule has 0 aromatic heterocycles. The summed E-state index contributed by atoms with van der Waals surface area (Å²) < 4.78 is 7.51. The van der Waals surface area contributed by atoms with Crippen LogP contribution in [0.2, 0.25) is 0 Å². The van der Waals surface area contributed by atoms with Crippen LogP contribution in [0.5, 0.6) is 5.75 Å². The van der Waals surface area contributed by atoms with Gasteiger partial charge in [0.25, 0.3) is 5.69 Å². The number of benzene rings is 1. The zero-order valence-corrected chi connectivity index (χ0v) is 13.4. The lowest BCUT2D eigenvalue weighted by Gasteiger charge is -2.11. The number of carbonyl (C=O) groups is 2. The molecule has 0 amide bonds. The van der Waals surface area contributed by atoms with Crippen LogP contribution in [0.4, 0.5) is 10.5 Å². The summed E-state index contributed by atoms with van der Waals surface area (Å²) in [4.78, 5) is 33.3. The van der Waals surface area contributed by atoms with E-state index in [1.165, 1.54) is 0 Å². The van der Waals surface area contributed by atoms with Crippen molar-refractivity contribution in [3.63, 3.8) is 0 Å². The minimum Gasteiger partial charge on any atom is -0.429 e. The molecule has 0 N–H and O–H groups in total. The van der Waals surface area contributed by atoms with Crippen molar-refractivity contribution in [1.82, 2.24) is 0 Å². The number of nitro benzene ring substituents is 1. The maximum absolute atomic E-state index is 11.7. The molecule has 120 valence electrons. The number of hydrogen-bond donors (Lipinski definition) is 0. The summed E-state index contributed by atoms with van der Waals surface area (Å²) in [5.41, 5.74) is -0.548. The number of hydrogen-bond acceptors (Lipinski definition) is 6. The Labute approximate surface area is 140 Å². The van der Waals surface area contributed by atoms with Gasteiger partial charge < -0.3 is 9.47 Å². The number of Topliss-reactive ketones (excluding diaryl/α,β-unsaturated/α-hetero) is 1. The predicted octanol–water partition coefficient (Wildman–Crippen LogP) is 4.07. The average Bonchev–Trinajstić information content (AvgIpc) is 2.43. The summed E-state index contributed by atoms with van der Waals surface area (Å²) in [5, 5.41) is 10.9. The molecular weight excluding hydrogens is 360 g/mol. The Kier molecular flexibility index (Phi) is 6.40. The Balaban J connectivity index is 2.91. The van der Waals surface area contributed by atoms with Gasteiger partial charge in [-0.15, -0.1) is 0 Å². The van der Waals surface area contributed by atoms with E-state index in [0.717, 1.165) is 18.2 Å². The largest absolute Gasteiger partial charge is 0.513 e. The minimum atomic E-state index is -1.79. The van der Waals surface area contributed by atoms with Gasteiger partial charge in [0.05, 0.1) is 10.5 Å². The molecule has 0 aliphatic heterocycles. The van der Waals surface area contributed by atoms with E-state index in [9.17, 15) is 19.7 Å². The Morgan fingerprint density at radius 3 is 2.45 bits per heavy atom. The van der Waals surface area contributed by atoms with Crippen LogP contribution in [0.15, 0.2) is 18.2 Å². The van der Waals surface area contributed by atoms with E-state index < -0.39 is 27.3 Å². The molecule has 0 radical (unpaired) electrons. The molecule has 1 aromatic carbocycles. The molecule has 0 fully saturated rings. The van der Waals surface area contributed by atoms with Gasteiger partial charge in [-0.25, -0.2) is 4.79 Å². The zero-order chi connectivity index (χ0) is 16.9. The van der Waals surface area contributed by atoms with E-state index >= 15 is 0 Å². The number of alkyl halides is 3. The van der Waals surface area contributed by atoms with Crippen LogP contribution in [-0.2, 0) is 4.74 Å². The average molecular weight is 371 g/mol. The first-order valence-corrected chi connectivity index (χ1v) is 7.00. The van der Waals surface area contributed by atoms with Crippen molar-refractivity contribution in [2.24, 2.45) is 0 Å². The molecule has 0 bridgehead atoms. The Hall–Kier alpha value is -1.57. The van der Waals surface area contributed by atoms with E-state index in [-0.39, 0.29) is 23.4 Å². The molecule has 0 heterocycles. The standard InChI is InChI=1S/C12H10Cl3NO6/c1-2-10(17)8-5-7(3-4-9(8)16(19)20)22-11(18)21-6-12(13,14)15/h3-5H,2,6H2,1H3. The summed E-state index contributed by atoms with van der Waals surface area (Å²) in [6.45, 7) is 1.01. The van der Waals surface area contributed by atoms with Crippen molar-refractivity contribution in [2.75, 3.05) is 6.61 Å². The highest BCUT2D eigenvalue weighted by Crippen LogP contribution is 2.27. The van der Waals surface area contributed by atoms with Gasteiger partial charge in [-0.3, -0.25) is 14.9 Å². The first-order chi connectivity index (χ1) is 10.1. The molecule has 0 saturated heterocycles. The van der Waals surface area contributed by atoms with Gasteiger partial charge in [0.2, 0.25) is 3.79 Å². The number of carbonyl (C=O) groups excluding carboxylic acids is 2. The smallest absolute Gasteiger partial charge is 0.429 e. The van der Waals surface area contributed by atoms with Crippen LogP contribution < -0.4 is 4.74 Å². The van der Waals surface area contributed by atoms with Gasteiger partial charge in [0.15, 0.2) is 5.78 Å². The highest BCUT2D eigenvalue weighted by molar-refractivity contribution is 6.67. The second-order valence-corrected chi connectivity index (χ2v) is 6.48. The summed E-state index contributed by atoms with van der Waals surface area (Å²) in [6.07, 6.45) is -1.11. The molecule has 1 rings (SSSR count). The molecule has 0 aliphatic rings. The van der Waals surface area contributed by atoms with Gasteiger partial charge in [-0.05, 0) is 12.1 Å². The number of rotatable bonds is 5. The molecule has 0 saturated carbocycles. The third kappa shape index (κ3) is 5.67. The molecule has 10 heteroatoms. The second kappa shape index (κ2) is 7.62. The number of halogens is 3. The lowest BCUT2D eigenvalue weighted by Crippen LogP contribution is -2.19. The Bertz CT molecular complexity index is 599. The molecule has 0 unspecified atom stereocenters. The van der Waals surface area contributed by atoms with Crippen molar-refractivity contribution in [2.45, 2.75) is 17.1 Å². The van der Waals surface area contributed by atoms with Crippen molar-refractivity contribution in [3.05, 3.63) is 33.9 Å². The maximum Gasteiger partial charge on any atom is 0.513 e. The summed E-state index contributed by atoms with van der Waals surface area (Å²) in [6, 6.07) is 3.29. The summed E-state index contributed by atoms with van der Waals surface area (Å²) >= 11 is 16.2. The highest BCUT2D eigenvalue weighted by atomic mass is 35.6. The van der Waals surface area contributed by atoms with Gasteiger partial charge >= 0.3 is 6.16 Å². The van der Waals surface area contributed by atoms with Crippen molar-refractivity contribution < 1.29 is 24.0 Å². The number of ether oxygens (including phenoxy) is 2. The van der Waals surface area contributed by atoms with E-state index in [4.69, 9.17) is 39.5 Å². The lowest BCUT2D eigenvalue weighted by molar-refractivity contribution is -0.385.